The minimum atomic E-state index is 0.555. The number of rotatable bonds is 2. The first-order valence-corrected chi connectivity index (χ1v) is 5.46. The minimum absolute atomic E-state index is 0.555. The van der Waals surface area contributed by atoms with Crippen molar-refractivity contribution in [1.29, 1.82) is 5.26 Å². The Morgan fingerprint density at radius 3 is 2.88 bits per heavy atom. The van der Waals surface area contributed by atoms with E-state index in [4.69, 9.17) is 16.9 Å². The number of nitrogens with one attached hydrogen (secondary N) is 1. The van der Waals surface area contributed by atoms with Gasteiger partial charge in [-0.25, -0.2) is 0 Å². The number of hydrogen-bond acceptors (Lipinski definition) is 3. The Balaban J connectivity index is 2.39. The molecule has 4 heteroatoms. The summed E-state index contributed by atoms with van der Waals surface area (Å²) in [6, 6.07) is 9.39. The fourth-order valence-corrected chi connectivity index (χ4v) is 1.65. The van der Waals surface area contributed by atoms with E-state index in [1.165, 1.54) is 0 Å². The number of halogens is 1. The smallest absolute Gasteiger partial charge is 0.101 e. The molecule has 1 aromatic heterocycles. The third kappa shape index (κ3) is 2.38. The lowest BCUT2D eigenvalue weighted by Crippen LogP contribution is -1.96. The second-order valence-corrected chi connectivity index (χ2v) is 3.98. The van der Waals surface area contributed by atoms with Crippen LogP contribution in [-0.4, -0.2) is 4.98 Å². The van der Waals surface area contributed by atoms with E-state index in [1.807, 2.05) is 25.1 Å². The Kier molecular flexibility index (Phi) is 3.27. The molecule has 0 radical (unpaired) electrons. The summed E-state index contributed by atoms with van der Waals surface area (Å²) in [5.41, 5.74) is 3.06. The highest BCUT2D eigenvalue weighted by Gasteiger charge is 2.05. The molecule has 1 aromatic carbocycles. The number of anilines is 2. The van der Waals surface area contributed by atoms with Gasteiger partial charge in [0.2, 0.25) is 0 Å². The van der Waals surface area contributed by atoms with Gasteiger partial charge in [0.1, 0.15) is 6.07 Å². The van der Waals surface area contributed by atoms with Crippen molar-refractivity contribution >= 4 is 23.0 Å². The van der Waals surface area contributed by atoms with Crippen LogP contribution < -0.4 is 5.32 Å². The molecular weight excluding hydrogens is 234 g/mol. The van der Waals surface area contributed by atoms with Gasteiger partial charge >= 0.3 is 0 Å². The number of benzene rings is 1. The Bertz CT molecular complexity index is 587. The average molecular weight is 244 g/mol. The molecule has 2 aromatic rings. The molecule has 0 spiro atoms. The van der Waals surface area contributed by atoms with E-state index in [1.54, 1.807) is 18.5 Å². The fourth-order valence-electron chi connectivity index (χ4n) is 1.48. The van der Waals surface area contributed by atoms with Crippen LogP contribution in [0.25, 0.3) is 0 Å². The van der Waals surface area contributed by atoms with Crippen LogP contribution in [0.2, 0.25) is 5.02 Å². The summed E-state index contributed by atoms with van der Waals surface area (Å²) in [5, 5.41) is 12.8. The van der Waals surface area contributed by atoms with Crippen LogP contribution in [0.15, 0.2) is 36.7 Å². The van der Waals surface area contributed by atoms with Crippen molar-refractivity contribution in [3.05, 3.63) is 52.8 Å². The first-order valence-electron chi connectivity index (χ1n) is 5.08. The standard InChI is InChI=1S/C13H10ClN3/c1-9-11(14)3-2-4-12(9)17-13-8-16-6-5-10(13)7-15/h2-6,8,17H,1H3. The Hall–Kier alpha value is -2.05. The molecule has 17 heavy (non-hydrogen) atoms. The van der Waals surface area contributed by atoms with Gasteiger partial charge in [-0.15, -0.1) is 0 Å². The van der Waals surface area contributed by atoms with Gasteiger partial charge in [0.25, 0.3) is 0 Å². The van der Waals surface area contributed by atoms with Crippen LogP contribution in [0.5, 0.6) is 0 Å². The highest BCUT2D eigenvalue weighted by Crippen LogP contribution is 2.26. The van der Waals surface area contributed by atoms with Gasteiger partial charge in [-0.1, -0.05) is 17.7 Å². The second kappa shape index (κ2) is 4.86. The van der Waals surface area contributed by atoms with Crippen LogP contribution in [0.4, 0.5) is 11.4 Å². The minimum Gasteiger partial charge on any atom is -0.353 e. The molecule has 0 aliphatic heterocycles. The zero-order valence-electron chi connectivity index (χ0n) is 9.24. The number of nitriles is 1. The van der Waals surface area contributed by atoms with Gasteiger partial charge in [-0.05, 0) is 30.7 Å². The molecule has 0 fully saturated rings. The van der Waals surface area contributed by atoms with Gasteiger partial charge in [0.05, 0.1) is 17.4 Å². The maximum atomic E-state index is 8.98. The third-order valence-corrected chi connectivity index (χ3v) is 2.89. The van der Waals surface area contributed by atoms with E-state index >= 15 is 0 Å². The molecule has 1 heterocycles. The first kappa shape index (κ1) is 11.4. The van der Waals surface area contributed by atoms with Gasteiger partial charge < -0.3 is 5.32 Å². The molecule has 1 N–H and O–H groups in total. The molecule has 84 valence electrons. The Labute approximate surface area is 105 Å². The third-order valence-electron chi connectivity index (χ3n) is 2.48. The van der Waals surface area contributed by atoms with Gasteiger partial charge in [-0.2, -0.15) is 5.26 Å². The molecule has 3 nitrogen and oxygen atoms in total. The van der Waals surface area contributed by atoms with Crippen molar-refractivity contribution in [3.63, 3.8) is 0 Å². The lowest BCUT2D eigenvalue weighted by atomic mass is 10.2. The molecule has 0 saturated carbocycles. The molecule has 0 aliphatic rings. The van der Waals surface area contributed by atoms with Gasteiger partial charge in [-0.3, -0.25) is 4.98 Å². The summed E-state index contributed by atoms with van der Waals surface area (Å²) in [7, 11) is 0. The Morgan fingerprint density at radius 2 is 2.12 bits per heavy atom. The van der Waals surface area contributed by atoms with Crippen molar-refractivity contribution in [3.8, 4) is 6.07 Å². The largest absolute Gasteiger partial charge is 0.353 e. The molecule has 0 amide bonds. The van der Waals surface area contributed by atoms with Crippen LogP contribution in [-0.2, 0) is 0 Å². The van der Waals surface area contributed by atoms with E-state index in [-0.39, 0.29) is 0 Å². The monoisotopic (exact) mass is 243 g/mol. The SMILES string of the molecule is Cc1c(Cl)cccc1Nc1cnccc1C#N. The first-order chi connectivity index (χ1) is 8.22. The van der Waals surface area contributed by atoms with Gasteiger partial charge in [0.15, 0.2) is 0 Å². The molecule has 0 atom stereocenters. The van der Waals surface area contributed by atoms with Crippen molar-refractivity contribution < 1.29 is 0 Å². The second-order valence-electron chi connectivity index (χ2n) is 3.57. The Morgan fingerprint density at radius 1 is 1.29 bits per heavy atom. The normalized spacial score (nSPS) is 9.71. The fraction of sp³-hybridized carbons (Fsp3) is 0.0769. The molecule has 0 aliphatic carbocycles. The summed E-state index contributed by atoms with van der Waals surface area (Å²) in [4.78, 5) is 3.99. The maximum absolute atomic E-state index is 8.98. The number of hydrogen-bond donors (Lipinski definition) is 1. The van der Waals surface area contributed by atoms with E-state index in [9.17, 15) is 0 Å². The van der Waals surface area contributed by atoms with Crippen LogP contribution in [0.3, 0.4) is 0 Å². The summed E-state index contributed by atoms with van der Waals surface area (Å²) in [6.07, 6.45) is 3.22. The zero-order valence-corrected chi connectivity index (χ0v) is 9.99. The maximum Gasteiger partial charge on any atom is 0.101 e. The van der Waals surface area contributed by atoms with E-state index in [2.05, 4.69) is 16.4 Å². The molecular formula is C13H10ClN3. The summed E-state index contributed by atoms with van der Waals surface area (Å²) in [6.45, 7) is 1.92. The highest BCUT2D eigenvalue weighted by molar-refractivity contribution is 6.31. The van der Waals surface area contributed by atoms with Crippen molar-refractivity contribution in [1.82, 2.24) is 4.98 Å². The van der Waals surface area contributed by atoms with E-state index in [0.717, 1.165) is 11.3 Å². The molecule has 0 unspecified atom stereocenters. The average Bonchev–Trinajstić information content (AvgIpc) is 2.35. The van der Waals surface area contributed by atoms with Crippen LogP contribution in [0, 0.1) is 18.3 Å². The molecule has 0 saturated heterocycles. The lowest BCUT2D eigenvalue weighted by molar-refractivity contribution is 1.30. The molecule has 0 bridgehead atoms. The number of nitrogens with zero attached hydrogens (tertiary/aromatic N) is 2. The van der Waals surface area contributed by atoms with Crippen molar-refractivity contribution in [2.45, 2.75) is 6.92 Å². The van der Waals surface area contributed by atoms with Gasteiger partial charge in [0, 0.05) is 16.9 Å². The van der Waals surface area contributed by atoms with Crippen LogP contribution in [0.1, 0.15) is 11.1 Å². The summed E-state index contributed by atoms with van der Waals surface area (Å²) < 4.78 is 0. The topological polar surface area (TPSA) is 48.7 Å². The number of pyridine rings is 1. The van der Waals surface area contributed by atoms with Crippen molar-refractivity contribution in [2.24, 2.45) is 0 Å². The number of aromatic nitrogens is 1. The van der Waals surface area contributed by atoms with Crippen molar-refractivity contribution in [2.75, 3.05) is 5.32 Å². The molecule has 2 rings (SSSR count). The quantitative estimate of drug-likeness (QED) is 0.876. The zero-order chi connectivity index (χ0) is 12.3. The summed E-state index contributed by atoms with van der Waals surface area (Å²) in [5.74, 6) is 0. The lowest BCUT2D eigenvalue weighted by Gasteiger charge is -2.11. The highest BCUT2D eigenvalue weighted by atomic mass is 35.5. The van der Waals surface area contributed by atoms with E-state index < -0.39 is 0 Å². The predicted molar refractivity (Wildman–Crippen MR) is 68.4 cm³/mol. The summed E-state index contributed by atoms with van der Waals surface area (Å²) >= 11 is 6.03. The predicted octanol–water partition coefficient (Wildman–Crippen LogP) is 3.66. The van der Waals surface area contributed by atoms with E-state index in [0.29, 0.717) is 16.3 Å². The van der Waals surface area contributed by atoms with Crippen LogP contribution >= 0.6 is 11.6 Å².